The molecule has 0 spiro atoms. The zero-order valence-electron chi connectivity index (χ0n) is 14.6. The lowest BCUT2D eigenvalue weighted by molar-refractivity contribution is 0.369. The van der Waals surface area contributed by atoms with Crippen LogP contribution in [-0.2, 0) is 0 Å². The monoisotopic (exact) mass is 360 g/mol. The summed E-state index contributed by atoms with van der Waals surface area (Å²) >= 11 is 1.75. The van der Waals surface area contributed by atoms with E-state index < -0.39 is 0 Å². The van der Waals surface area contributed by atoms with Crippen molar-refractivity contribution in [2.45, 2.75) is 25.4 Å². The molecule has 2 aromatic heterocycles. The first-order chi connectivity index (χ1) is 12.8. The first-order valence-corrected chi connectivity index (χ1v) is 9.82. The lowest BCUT2D eigenvalue weighted by Crippen LogP contribution is -2.48. The van der Waals surface area contributed by atoms with Gasteiger partial charge in [-0.15, -0.1) is 17.9 Å². The Balaban J connectivity index is 1.76. The van der Waals surface area contributed by atoms with Crippen LogP contribution in [0.25, 0.3) is 0 Å². The van der Waals surface area contributed by atoms with E-state index in [9.17, 15) is 0 Å². The Bertz CT molecular complexity index is 952. The fourth-order valence-corrected chi connectivity index (χ4v) is 5.19. The standard InChI is InChI=1S/C21H20N4S/c1-3-7-15-14(2)21-24(17-9-5-4-8-16(15)17)19-20(23-12-11-22-19)25(21)18-10-6-13-26-18/h3-6,8-15,21H,1,7H2,2H3. The van der Waals surface area contributed by atoms with Crippen LogP contribution in [0.4, 0.5) is 22.3 Å². The minimum absolute atomic E-state index is 0.172. The van der Waals surface area contributed by atoms with Gasteiger partial charge < -0.3 is 4.90 Å². The molecule has 5 heteroatoms. The number of thiophene rings is 1. The van der Waals surface area contributed by atoms with Crippen molar-refractivity contribution in [2.75, 3.05) is 9.80 Å². The van der Waals surface area contributed by atoms with Crippen molar-refractivity contribution < 1.29 is 0 Å². The van der Waals surface area contributed by atoms with Crippen LogP contribution in [0.15, 0.2) is 66.8 Å². The maximum absolute atomic E-state index is 4.71. The molecule has 3 unspecified atom stereocenters. The molecule has 4 nitrogen and oxygen atoms in total. The predicted octanol–water partition coefficient (Wildman–Crippen LogP) is 5.46. The van der Waals surface area contributed by atoms with Crippen LogP contribution in [0, 0.1) is 5.92 Å². The molecule has 3 aromatic rings. The molecule has 0 aliphatic carbocycles. The van der Waals surface area contributed by atoms with E-state index in [2.05, 4.69) is 65.1 Å². The molecule has 0 radical (unpaired) electrons. The van der Waals surface area contributed by atoms with Crippen LogP contribution in [-0.4, -0.2) is 16.1 Å². The number of nitrogens with zero attached hydrogens (tertiary/aromatic N) is 4. The maximum atomic E-state index is 4.71. The van der Waals surface area contributed by atoms with Gasteiger partial charge in [0.25, 0.3) is 0 Å². The molecule has 0 bridgehead atoms. The third-order valence-corrected chi connectivity index (χ3v) is 6.38. The summed E-state index contributed by atoms with van der Waals surface area (Å²) in [6.45, 7) is 6.35. The molecule has 26 heavy (non-hydrogen) atoms. The molecule has 130 valence electrons. The number of benzene rings is 1. The predicted molar refractivity (Wildman–Crippen MR) is 108 cm³/mol. The van der Waals surface area contributed by atoms with Crippen LogP contribution in [0.5, 0.6) is 0 Å². The van der Waals surface area contributed by atoms with E-state index in [1.165, 1.54) is 16.3 Å². The average Bonchev–Trinajstić information content (AvgIpc) is 3.31. The van der Waals surface area contributed by atoms with E-state index in [1.807, 2.05) is 6.08 Å². The summed E-state index contributed by atoms with van der Waals surface area (Å²) < 4.78 is 0. The highest BCUT2D eigenvalue weighted by molar-refractivity contribution is 7.14. The van der Waals surface area contributed by atoms with Gasteiger partial charge in [0, 0.05) is 24.0 Å². The molecule has 2 aliphatic heterocycles. The van der Waals surface area contributed by atoms with Gasteiger partial charge in [-0.05, 0) is 41.5 Å². The zero-order valence-corrected chi connectivity index (χ0v) is 15.4. The number of hydrogen-bond donors (Lipinski definition) is 0. The van der Waals surface area contributed by atoms with Crippen molar-refractivity contribution in [1.82, 2.24) is 9.97 Å². The first-order valence-electron chi connectivity index (χ1n) is 8.94. The fourth-order valence-electron chi connectivity index (χ4n) is 4.43. The second kappa shape index (κ2) is 5.95. The zero-order chi connectivity index (χ0) is 17.7. The second-order valence-electron chi connectivity index (χ2n) is 6.86. The van der Waals surface area contributed by atoms with Crippen LogP contribution in [0.2, 0.25) is 0 Å². The van der Waals surface area contributed by atoms with Gasteiger partial charge in [-0.2, -0.15) is 0 Å². The topological polar surface area (TPSA) is 32.3 Å². The molecule has 5 rings (SSSR count). The van der Waals surface area contributed by atoms with Crippen LogP contribution >= 0.6 is 11.3 Å². The van der Waals surface area contributed by atoms with Crippen molar-refractivity contribution in [1.29, 1.82) is 0 Å². The fraction of sp³-hybridized carbons (Fsp3) is 0.238. The van der Waals surface area contributed by atoms with Gasteiger partial charge in [-0.25, -0.2) is 9.97 Å². The largest absolute Gasteiger partial charge is 0.301 e. The summed E-state index contributed by atoms with van der Waals surface area (Å²) in [6.07, 6.45) is 6.76. The Morgan fingerprint density at radius 1 is 1.08 bits per heavy atom. The Morgan fingerprint density at radius 3 is 2.58 bits per heavy atom. The van der Waals surface area contributed by atoms with Gasteiger partial charge in [0.15, 0.2) is 11.6 Å². The highest BCUT2D eigenvalue weighted by Crippen LogP contribution is 2.55. The Hall–Kier alpha value is -2.66. The van der Waals surface area contributed by atoms with Crippen molar-refractivity contribution in [3.8, 4) is 0 Å². The molecule has 3 atom stereocenters. The molecule has 0 fully saturated rings. The van der Waals surface area contributed by atoms with Gasteiger partial charge in [0.1, 0.15) is 6.17 Å². The van der Waals surface area contributed by atoms with Crippen molar-refractivity contribution in [3.05, 3.63) is 72.4 Å². The first kappa shape index (κ1) is 15.6. The molecule has 0 amide bonds. The SMILES string of the molecule is C=CCC1c2ccccc2N2c3nccnc3N(c3cccs3)C2C1C. The summed E-state index contributed by atoms with van der Waals surface area (Å²) in [7, 11) is 0. The Labute approximate surface area is 157 Å². The minimum Gasteiger partial charge on any atom is -0.301 e. The average molecular weight is 360 g/mol. The number of fused-ring (bicyclic) bond motifs is 5. The highest BCUT2D eigenvalue weighted by atomic mass is 32.1. The van der Waals surface area contributed by atoms with Gasteiger partial charge in [0.05, 0.1) is 5.00 Å². The number of anilines is 4. The Kier molecular flexibility index (Phi) is 3.57. The number of hydrogen-bond acceptors (Lipinski definition) is 5. The van der Waals surface area contributed by atoms with Crippen LogP contribution in [0.1, 0.15) is 24.8 Å². The molecule has 0 N–H and O–H groups in total. The van der Waals surface area contributed by atoms with Crippen LogP contribution in [0.3, 0.4) is 0 Å². The molecule has 1 aromatic carbocycles. The molecule has 0 saturated carbocycles. The number of aromatic nitrogens is 2. The van der Waals surface area contributed by atoms with E-state index in [0.717, 1.165) is 18.1 Å². The smallest absolute Gasteiger partial charge is 0.179 e. The molecular formula is C21H20N4S. The quantitative estimate of drug-likeness (QED) is 0.580. The second-order valence-corrected chi connectivity index (χ2v) is 7.78. The van der Waals surface area contributed by atoms with Crippen molar-refractivity contribution >= 4 is 33.7 Å². The van der Waals surface area contributed by atoms with E-state index >= 15 is 0 Å². The number of para-hydroxylation sites is 1. The Morgan fingerprint density at radius 2 is 1.85 bits per heavy atom. The van der Waals surface area contributed by atoms with Gasteiger partial charge in [0.2, 0.25) is 0 Å². The summed E-state index contributed by atoms with van der Waals surface area (Å²) in [5, 5.41) is 3.33. The van der Waals surface area contributed by atoms with Gasteiger partial charge in [-0.3, -0.25) is 4.90 Å². The van der Waals surface area contributed by atoms with E-state index in [1.54, 1.807) is 23.7 Å². The normalized spacial score (nSPS) is 23.3. The van der Waals surface area contributed by atoms with Crippen molar-refractivity contribution in [2.24, 2.45) is 5.92 Å². The summed E-state index contributed by atoms with van der Waals surface area (Å²) in [5.41, 5.74) is 2.61. The molecule has 0 saturated heterocycles. The maximum Gasteiger partial charge on any atom is 0.179 e. The lowest BCUT2D eigenvalue weighted by atomic mass is 9.78. The number of rotatable bonds is 3. The summed E-state index contributed by atoms with van der Waals surface area (Å²) in [6, 6.07) is 13.0. The third-order valence-electron chi connectivity index (χ3n) is 5.51. The van der Waals surface area contributed by atoms with Crippen molar-refractivity contribution in [3.63, 3.8) is 0 Å². The molecule has 4 heterocycles. The van der Waals surface area contributed by atoms with Crippen LogP contribution < -0.4 is 9.80 Å². The highest BCUT2D eigenvalue weighted by Gasteiger charge is 2.49. The van der Waals surface area contributed by atoms with Gasteiger partial charge in [-0.1, -0.05) is 31.2 Å². The number of allylic oxidation sites excluding steroid dienone is 1. The molecule has 2 aliphatic rings. The van der Waals surface area contributed by atoms with E-state index in [4.69, 9.17) is 9.97 Å². The van der Waals surface area contributed by atoms with E-state index in [0.29, 0.717) is 11.8 Å². The van der Waals surface area contributed by atoms with E-state index in [-0.39, 0.29) is 6.17 Å². The summed E-state index contributed by atoms with van der Waals surface area (Å²) in [4.78, 5) is 14.2. The third kappa shape index (κ3) is 2.07. The van der Waals surface area contributed by atoms with Gasteiger partial charge >= 0.3 is 0 Å². The minimum atomic E-state index is 0.172. The lowest BCUT2D eigenvalue weighted by Gasteiger charge is -2.44. The molecular weight excluding hydrogens is 340 g/mol. The summed E-state index contributed by atoms with van der Waals surface area (Å²) in [5.74, 6) is 2.73.